The summed E-state index contributed by atoms with van der Waals surface area (Å²) in [5.41, 5.74) is 0.844. The largest absolute Gasteiger partial charge is 0.508 e. The molecular weight excluding hydrogens is 178 g/mol. The van der Waals surface area contributed by atoms with Gasteiger partial charge in [-0.3, -0.25) is 4.99 Å². The van der Waals surface area contributed by atoms with Crippen LogP contribution in [-0.4, -0.2) is 29.1 Å². The van der Waals surface area contributed by atoms with E-state index in [4.69, 9.17) is 5.11 Å². The summed E-state index contributed by atoms with van der Waals surface area (Å²) in [6, 6.07) is 6.82. The van der Waals surface area contributed by atoms with Gasteiger partial charge >= 0.3 is 0 Å². The highest BCUT2D eigenvalue weighted by Gasteiger charge is 1.99. The molecule has 0 heterocycles. The van der Waals surface area contributed by atoms with E-state index in [1.165, 1.54) is 0 Å². The molecule has 0 unspecified atom stereocenters. The van der Waals surface area contributed by atoms with E-state index >= 15 is 0 Å². The van der Waals surface area contributed by atoms with Gasteiger partial charge in [0.2, 0.25) is 0 Å². The summed E-state index contributed by atoms with van der Waals surface area (Å²) in [6.07, 6.45) is 2.48. The molecule has 76 valence electrons. The molecule has 0 aliphatic heterocycles. The van der Waals surface area contributed by atoms with E-state index in [1.807, 2.05) is 13.0 Å². The number of phenols is 1. The number of aliphatic hydroxyl groups is 1. The van der Waals surface area contributed by atoms with Gasteiger partial charge in [-0.05, 0) is 24.1 Å². The smallest absolute Gasteiger partial charge is 0.116 e. The first kappa shape index (κ1) is 10.7. The molecule has 0 radical (unpaired) electrons. The topological polar surface area (TPSA) is 52.8 Å². The zero-order valence-corrected chi connectivity index (χ0v) is 8.22. The van der Waals surface area contributed by atoms with Crippen molar-refractivity contribution in [2.75, 3.05) is 6.61 Å². The van der Waals surface area contributed by atoms with Crippen molar-refractivity contribution in [1.29, 1.82) is 0 Å². The first-order chi connectivity index (χ1) is 6.76. The molecule has 2 N–H and O–H groups in total. The van der Waals surface area contributed by atoms with Gasteiger partial charge in [-0.25, -0.2) is 0 Å². The SMILES string of the molecule is CC[C@@H](CO)N=Cc1cccc(O)c1. The highest BCUT2D eigenvalue weighted by atomic mass is 16.3. The van der Waals surface area contributed by atoms with Crippen LogP contribution in [0.3, 0.4) is 0 Å². The third-order valence-corrected chi connectivity index (χ3v) is 1.99. The Hall–Kier alpha value is -1.35. The third-order valence-electron chi connectivity index (χ3n) is 1.99. The molecule has 1 aromatic rings. The summed E-state index contributed by atoms with van der Waals surface area (Å²) in [5, 5.41) is 18.1. The van der Waals surface area contributed by atoms with Crippen LogP contribution >= 0.6 is 0 Å². The van der Waals surface area contributed by atoms with Gasteiger partial charge in [-0.1, -0.05) is 19.1 Å². The first-order valence-corrected chi connectivity index (χ1v) is 4.69. The number of hydrogen-bond donors (Lipinski definition) is 2. The van der Waals surface area contributed by atoms with Gasteiger partial charge in [0, 0.05) is 6.21 Å². The fourth-order valence-electron chi connectivity index (χ4n) is 1.08. The molecule has 1 atom stereocenters. The Morgan fingerprint density at radius 3 is 2.86 bits per heavy atom. The van der Waals surface area contributed by atoms with E-state index in [0.717, 1.165) is 12.0 Å². The zero-order chi connectivity index (χ0) is 10.4. The molecular formula is C11H15NO2. The summed E-state index contributed by atoms with van der Waals surface area (Å²) < 4.78 is 0. The molecule has 0 aromatic heterocycles. The Labute approximate surface area is 83.7 Å². The van der Waals surface area contributed by atoms with Gasteiger partial charge in [0.15, 0.2) is 0 Å². The van der Waals surface area contributed by atoms with E-state index < -0.39 is 0 Å². The van der Waals surface area contributed by atoms with Crippen LogP contribution in [0.5, 0.6) is 5.75 Å². The number of aliphatic imine (C=N–C) groups is 1. The molecule has 0 bridgehead atoms. The maximum atomic E-state index is 9.18. The molecule has 0 aliphatic rings. The monoisotopic (exact) mass is 193 g/mol. The number of hydrogen-bond acceptors (Lipinski definition) is 3. The molecule has 3 nitrogen and oxygen atoms in total. The molecule has 0 spiro atoms. The quantitative estimate of drug-likeness (QED) is 0.713. The predicted molar refractivity (Wildman–Crippen MR) is 56.9 cm³/mol. The molecule has 1 rings (SSSR count). The molecule has 0 saturated heterocycles. The van der Waals surface area contributed by atoms with Crippen molar-refractivity contribution in [1.82, 2.24) is 0 Å². The number of phenolic OH excluding ortho intramolecular Hbond substituents is 1. The Morgan fingerprint density at radius 2 is 2.29 bits per heavy atom. The van der Waals surface area contributed by atoms with Crippen molar-refractivity contribution in [2.24, 2.45) is 4.99 Å². The molecule has 0 fully saturated rings. The second kappa shape index (κ2) is 5.40. The van der Waals surface area contributed by atoms with E-state index in [2.05, 4.69) is 4.99 Å². The van der Waals surface area contributed by atoms with E-state index in [9.17, 15) is 5.11 Å². The van der Waals surface area contributed by atoms with Gasteiger partial charge in [0.1, 0.15) is 5.75 Å². The van der Waals surface area contributed by atoms with Crippen LogP contribution in [0.2, 0.25) is 0 Å². The second-order valence-electron chi connectivity index (χ2n) is 3.12. The van der Waals surface area contributed by atoms with Crippen molar-refractivity contribution >= 4 is 6.21 Å². The second-order valence-corrected chi connectivity index (χ2v) is 3.12. The Morgan fingerprint density at radius 1 is 1.50 bits per heavy atom. The van der Waals surface area contributed by atoms with E-state index in [0.29, 0.717) is 0 Å². The van der Waals surface area contributed by atoms with Crippen molar-refractivity contribution in [3.8, 4) is 5.75 Å². The van der Waals surface area contributed by atoms with Crippen LogP contribution in [0.1, 0.15) is 18.9 Å². The van der Waals surface area contributed by atoms with Crippen LogP contribution < -0.4 is 0 Å². The normalized spacial score (nSPS) is 13.3. The summed E-state index contributed by atoms with van der Waals surface area (Å²) in [6.45, 7) is 2.03. The van der Waals surface area contributed by atoms with Crippen LogP contribution in [0.15, 0.2) is 29.3 Å². The number of rotatable bonds is 4. The minimum Gasteiger partial charge on any atom is -0.508 e. The maximum Gasteiger partial charge on any atom is 0.116 e. The summed E-state index contributed by atoms with van der Waals surface area (Å²) in [5.74, 6) is 0.228. The van der Waals surface area contributed by atoms with Crippen molar-refractivity contribution in [2.45, 2.75) is 19.4 Å². The minimum absolute atomic E-state index is 0.0441. The average Bonchev–Trinajstić information content (AvgIpc) is 2.19. The molecule has 14 heavy (non-hydrogen) atoms. The van der Waals surface area contributed by atoms with E-state index in [1.54, 1.807) is 24.4 Å². The van der Waals surface area contributed by atoms with Gasteiger partial charge in [-0.15, -0.1) is 0 Å². The first-order valence-electron chi connectivity index (χ1n) is 4.69. The predicted octanol–water partition coefficient (Wildman–Crippen LogP) is 1.58. The molecule has 1 aromatic carbocycles. The van der Waals surface area contributed by atoms with Gasteiger partial charge in [0.05, 0.1) is 12.6 Å². The van der Waals surface area contributed by atoms with Gasteiger partial charge in [-0.2, -0.15) is 0 Å². The summed E-state index contributed by atoms with van der Waals surface area (Å²) in [4.78, 5) is 4.19. The van der Waals surface area contributed by atoms with Crippen LogP contribution in [-0.2, 0) is 0 Å². The standard InChI is InChI=1S/C11H15NO2/c1-2-10(8-13)12-7-9-4-3-5-11(14)6-9/h3-7,10,13-14H,2,8H2,1H3/t10-/m0/s1. The highest BCUT2D eigenvalue weighted by Crippen LogP contribution is 2.09. The number of benzene rings is 1. The lowest BCUT2D eigenvalue weighted by molar-refractivity contribution is 0.264. The van der Waals surface area contributed by atoms with Crippen molar-refractivity contribution < 1.29 is 10.2 Å². The third kappa shape index (κ3) is 3.18. The van der Waals surface area contributed by atoms with Crippen molar-refractivity contribution in [3.05, 3.63) is 29.8 Å². The van der Waals surface area contributed by atoms with Crippen LogP contribution in [0, 0.1) is 0 Å². The summed E-state index contributed by atoms with van der Waals surface area (Å²) >= 11 is 0. The van der Waals surface area contributed by atoms with E-state index in [-0.39, 0.29) is 18.4 Å². The molecule has 0 aliphatic carbocycles. The lowest BCUT2D eigenvalue weighted by atomic mass is 10.2. The Balaban J connectivity index is 2.67. The number of aliphatic hydroxyl groups excluding tert-OH is 1. The summed E-state index contributed by atoms with van der Waals surface area (Å²) in [7, 11) is 0. The lowest BCUT2D eigenvalue weighted by Gasteiger charge is -2.03. The highest BCUT2D eigenvalue weighted by molar-refractivity contribution is 5.80. The van der Waals surface area contributed by atoms with Crippen LogP contribution in [0.25, 0.3) is 0 Å². The minimum atomic E-state index is -0.0441. The molecule has 0 saturated carbocycles. The average molecular weight is 193 g/mol. The lowest BCUT2D eigenvalue weighted by Crippen LogP contribution is -2.08. The van der Waals surface area contributed by atoms with Gasteiger partial charge in [0.25, 0.3) is 0 Å². The Kier molecular flexibility index (Phi) is 4.13. The molecule has 3 heteroatoms. The maximum absolute atomic E-state index is 9.18. The number of aromatic hydroxyl groups is 1. The fourth-order valence-corrected chi connectivity index (χ4v) is 1.08. The Bertz CT molecular complexity index is 306. The fraction of sp³-hybridized carbons (Fsp3) is 0.364. The van der Waals surface area contributed by atoms with Crippen LogP contribution in [0.4, 0.5) is 0 Å². The van der Waals surface area contributed by atoms with Crippen molar-refractivity contribution in [3.63, 3.8) is 0 Å². The molecule has 0 amide bonds. The van der Waals surface area contributed by atoms with Gasteiger partial charge < -0.3 is 10.2 Å². The number of nitrogens with zero attached hydrogens (tertiary/aromatic N) is 1. The zero-order valence-electron chi connectivity index (χ0n) is 8.22.